The molecule has 4 aromatic heterocycles. The minimum Gasteiger partial charge on any atom is -0.481 e. The van der Waals surface area contributed by atoms with Gasteiger partial charge in [0.25, 0.3) is 5.91 Å². The Labute approximate surface area is 163 Å². The van der Waals surface area contributed by atoms with Gasteiger partial charge in [0.2, 0.25) is 5.88 Å². The molecule has 0 aliphatic rings. The Bertz CT molecular complexity index is 1160. The Morgan fingerprint density at radius 1 is 1.21 bits per heavy atom. The molecule has 0 atom stereocenters. The fraction of sp³-hybridized carbons (Fsp3) is 0.0556. The maximum atomic E-state index is 12.8. The minimum atomic E-state index is -0.423. The van der Waals surface area contributed by atoms with E-state index in [1.807, 2.05) is 0 Å². The fourth-order valence-electron chi connectivity index (χ4n) is 2.50. The highest BCUT2D eigenvalue weighted by molar-refractivity contribution is 6.30. The van der Waals surface area contributed by atoms with Crippen molar-refractivity contribution in [1.29, 1.82) is 0 Å². The number of carbonyl (C=O) groups excluding carboxylic acids is 1. The Hall–Kier alpha value is -3.72. The smallest absolute Gasteiger partial charge is 0.260 e. The van der Waals surface area contributed by atoms with Gasteiger partial charge in [0.1, 0.15) is 23.6 Å². The van der Waals surface area contributed by atoms with E-state index in [9.17, 15) is 4.79 Å². The van der Waals surface area contributed by atoms with E-state index in [0.717, 1.165) is 0 Å². The van der Waals surface area contributed by atoms with Gasteiger partial charge in [0, 0.05) is 18.3 Å². The number of fused-ring (bicyclic) bond motifs is 1. The lowest BCUT2D eigenvalue weighted by atomic mass is 10.2. The number of hydrogen-bond acceptors (Lipinski definition) is 7. The van der Waals surface area contributed by atoms with E-state index < -0.39 is 5.91 Å². The van der Waals surface area contributed by atoms with E-state index in [1.165, 1.54) is 25.8 Å². The van der Waals surface area contributed by atoms with E-state index in [0.29, 0.717) is 33.9 Å². The first kappa shape index (κ1) is 17.7. The summed E-state index contributed by atoms with van der Waals surface area (Å²) in [5, 5.41) is 11.0. The molecule has 0 saturated heterocycles. The molecule has 0 saturated carbocycles. The first-order valence-corrected chi connectivity index (χ1v) is 8.44. The van der Waals surface area contributed by atoms with E-state index in [-0.39, 0.29) is 5.56 Å². The van der Waals surface area contributed by atoms with Crippen molar-refractivity contribution in [3.8, 4) is 17.4 Å². The highest BCUT2D eigenvalue weighted by Crippen LogP contribution is 2.25. The molecule has 0 aromatic carbocycles. The standard InChI is InChI=1S/C18H13ClN6O3/c1-27-16-4-2-3-15(22-16)23-18(26)14-6-13(9-25-10-21-24-17(14)25)28-12-5-11(19)7-20-8-12/h2-10H,1H3,(H,22,23,26). The van der Waals surface area contributed by atoms with Crippen LogP contribution in [0.25, 0.3) is 5.65 Å². The third-order valence-corrected chi connectivity index (χ3v) is 3.91. The van der Waals surface area contributed by atoms with Crippen LogP contribution in [0, 0.1) is 0 Å². The number of amides is 1. The van der Waals surface area contributed by atoms with Gasteiger partial charge in [-0.1, -0.05) is 17.7 Å². The Kier molecular flexibility index (Phi) is 4.73. The zero-order valence-electron chi connectivity index (χ0n) is 14.5. The molecule has 140 valence electrons. The number of nitrogens with one attached hydrogen (secondary N) is 1. The van der Waals surface area contributed by atoms with Crippen LogP contribution in [-0.4, -0.2) is 37.6 Å². The second-order valence-electron chi connectivity index (χ2n) is 5.61. The van der Waals surface area contributed by atoms with Gasteiger partial charge in [-0.15, -0.1) is 10.2 Å². The van der Waals surface area contributed by atoms with E-state index in [2.05, 4.69) is 25.5 Å². The summed E-state index contributed by atoms with van der Waals surface area (Å²) in [6.45, 7) is 0. The van der Waals surface area contributed by atoms with Crippen molar-refractivity contribution in [3.63, 3.8) is 0 Å². The summed E-state index contributed by atoms with van der Waals surface area (Å²) >= 11 is 5.94. The lowest BCUT2D eigenvalue weighted by molar-refractivity contribution is 0.102. The molecule has 1 N–H and O–H groups in total. The predicted octanol–water partition coefficient (Wildman–Crippen LogP) is 3.23. The van der Waals surface area contributed by atoms with Crippen LogP contribution < -0.4 is 14.8 Å². The van der Waals surface area contributed by atoms with Gasteiger partial charge in [0.05, 0.1) is 30.1 Å². The molecule has 0 fully saturated rings. The highest BCUT2D eigenvalue weighted by atomic mass is 35.5. The molecule has 4 rings (SSSR count). The highest BCUT2D eigenvalue weighted by Gasteiger charge is 2.16. The molecule has 9 nitrogen and oxygen atoms in total. The average Bonchev–Trinajstić information content (AvgIpc) is 3.16. The van der Waals surface area contributed by atoms with E-state index in [1.54, 1.807) is 40.9 Å². The first-order chi connectivity index (χ1) is 13.6. The fourth-order valence-corrected chi connectivity index (χ4v) is 2.66. The van der Waals surface area contributed by atoms with Gasteiger partial charge in [0.15, 0.2) is 5.65 Å². The topological polar surface area (TPSA) is 104 Å². The van der Waals surface area contributed by atoms with Crippen LogP contribution in [0.4, 0.5) is 5.82 Å². The van der Waals surface area contributed by atoms with Crippen molar-refractivity contribution in [2.24, 2.45) is 0 Å². The number of hydrogen-bond donors (Lipinski definition) is 1. The number of methoxy groups -OCH3 is 1. The second kappa shape index (κ2) is 7.49. The molecular weight excluding hydrogens is 384 g/mol. The van der Waals surface area contributed by atoms with Crippen molar-refractivity contribution in [2.75, 3.05) is 12.4 Å². The Balaban J connectivity index is 1.67. The summed E-state index contributed by atoms with van der Waals surface area (Å²) in [6.07, 6.45) is 6.13. The molecule has 0 aliphatic carbocycles. The monoisotopic (exact) mass is 396 g/mol. The molecule has 1 amide bonds. The van der Waals surface area contributed by atoms with Crippen LogP contribution in [0.5, 0.6) is 17.4 Å². The zero-order chi connectivity index (χ0) is 19.5. The molecule has 4 heterocycles. The van der Waals surface area contributed by atoms with Crippen LogP contribution >= 0.6 is 11.6 Å². The average molecular weight is 397 g/mol. The van der Waals surface area contributed by atoms with Crippen LogP contribution in [0.3, 0.4) is 0 Å². The second-order valence-corrected chi connectivity index (χ2v) is 6.05. The molecule has 28 heavy (non-hydrogen) atoms. The summed E-state index contributed by atoms with van der Waals surface area (Å²) in [4.78, 5) is 21.0. The maximum absolute atomic E-state index is 12.8. The van der Waals surface area contributed by atoms with Crippen molar-refractivity contribution in [2.45, 2.75) is 0 Å². The summed E-state index contributed by atoms with van der Waals surface area (Å²) in [6, 6.07) is 8.23. The van der Waals surface area contributed by atoms with Gasteiger partial charge >= 0.3 is 0 Å². The predicted molar refractivity (Wildman–Crippen MR) is 101 cm³/mol. The quantitative estimate of drug-likeness (QED) is 0.552. The first-order valence-electron chi connectivity index (χ1n) is 8.06. The van der Waals surface area contributed by atoms with E-state index >= 15 is 0 Å². The summed E-state index contributed by atoms with van der Waals surface area (Å²) in [7, 11) is 1.50. The van der Waals surface area contributed by atoms with Crippen molar-refractivity contribution < 1.29 is 14.3 Å². The molecular formula is C18H13ClN6O3. The van der Waals surface area contributed by atoms with Crippen LogP contribution in [-0.2, 0) is 0 Å². The van der Waals surface area contributed by atoms with Crippen molar-refractivity contribution in [1.82, 2.24) is 24.6 Å². The van der Waals surface area contributed by atoms with Crippen LogP contribution in [0.2, 0.25) is 5.02 Å². The minimum absolute atomic E-state index is 0.259. The normalized spacial score (nSPS) is 10.6. The van der Waals surface area contributed by atoms with Gasteiger partial charge in [-0.3, -0.25) is 14.2 Å². The van der Waals surface area contributed by atoms with Crippen molar-refractivity contribution in [3.05, 3.63) is 65.8 Å². The van der Waals surface area contributed by atoms with Crippen LogP contribution in [0.1, 0.15) is 10.4 Å². The van der Waals surface area contributed by atoms with Crippen LogP contribution in [0.15, 0.2) is 55.2 Å². The largest absolute Gasteiger partial charge is 0.481 e. The lowest BCUT2D eigenvalue weighted by Gasteiger charge is -2.10. The Morgan fingerprint density at radius 3 is 2.93 bits per heavy atom. The maximum Gasteiger partial charge on any atom is 0.260 e. The number of halogens is 1. The number of ether oxygens (including phenoxy) is 2. The van der Waals surface area contributed by atoms with Gasteiger partial charge < -0.3 is 14.8 Å². The molecule has 10 heteroatoms. The Morgan fingerprint density at radius 2 is 2.11 bits per heavy atom. The van der Waals surface area contributed by atoms with Gasteiger partial charge in [-0.2, -0.15) is 4.98 Å². The zero-order valence-corrected chi connectivity index (χ0v) is 15.3. The SMILES string of the molecule is COc1cccc(NC(=O)c2cc(Oc3cncc(Cl)c3)cn3cnnc23)n1. The number of carbonyl (C=O) groups is 1. The number of anilines is 1. The summed E-state index contributed by atoms with van der Waals surface area (Å²) < 4.78 is 12.4. The third-order valence-electron chi connectivity index (χ3n) is 3.70. The summed E-state index contributed by atoms with van der Waals surface area (Å²) in [5.74, 6) is 1.12. The lowest BCUT2D eigenvalue weighted by Crippen LogP contribution is -2.14. The molecule has 0 spiro atoms. The summed E-state index contributed by atoms with van der Waals surface area (Å²) in [5.41, 5.74) is 0.631. The molecule has 0 radical (unpaired) electrons. The molecule has 0 bridgehead atoms. The van der Waals surface area contributed by atoms with Gasteiger partial charge in [-0.05, 0) is 12.1 Å². The third kappa shape index (κ3) is 3.69. The van der Waals surface area contributed by atoms with Crippen molar-refractivity contribution >= 4 is 29.0 Å². The number of nitrogens with zero attached hydrogens (tertiary/aromatic N) is 5. The van der Waals surface area contributed by atoms with Gasteiger partial charge in [-0.25, -0.2) is 0 Å². The van der Waals surface area contributed by atoms with E-state index in [4.69, 9.17) is 21.1 Å². The number of aromatic nitrogens is 5. The molecule has 4 aromatic rings. The molecule has 0 aliphatic heterocycles. The molecule has 0 unspecified atom stereocenters. The number of rotatable bonds is 5. The number of pyridine rings is 3.